The Kier molecular flexibility index (Phi) is 49.1. The first-order valence-electron chi connectivity index (χ1n) is 25.8. The lowest BCUT2D eigenvalue weighted by molar-refractivity contribution is -0.166. The third-order valence-corrected chi connectivity index (χ3v) is 10.1. The molecule has 0 bridgehead atoms. The second kappa shape index (κ2) is 52.9. The summed E-state index contributed by atoms with van der Waals surface area (Å²) in [5, 5.41) is 0. The molecule has 0 saturated heterocycles. The summed E-state index contributed by atoms with van der Waals surface area (Å²) < 4.78 is 16.6. The molecule has 368 valence electrons. The minimum atomic E-state index is -0.840. The van der Waals surface area contributed by atoms with Crippen LogP contribution in [-0.4, -0.2) is 37.2 Å². The molecule has 0 aliphatic carbocycles. The van der Waals surface area contributed by atoms with E-state index in [1.165, 1.54) is 32.1 Å². The number of ether oxygens (including phenoxy) is 3. The Morgan fingerprint density at radius 2 is 0.621 bits per heavy atom. The van der Waals surface area contributed by atoms with E-state index in [2.05, 4.69) is 154 Å². The van der Waals surface area contributed by atoms with E-state index >= 15 is 0 Å². The van der Waals surface area contributed by atoms with Crippen LogP contribution in [0.15, 0.2) is 146 Å². The molecule has 1 unspecified atom stereocenters. The Morgan fingerprint density at radius 3 is 0.985 bits per heavy atom. The fourth-order valence-corrected chi connectivity index (χ4v) is 6.29. The van der Waals surface area contributed by atoms with Crippen molar-refractivity contribution in [3.8, 4) is 0 Å². The highest BCUT2D eigenvalue weighted by Gasteiger charge is 2.19. The molecule has 0 aliphatic heterocycles. The predicted octanol–water partition coefficient (Wildman–Crippen LogP) is 17.3. The van der Waals surface area contributed by atoms with Gasteiger partial charge in [0.25, 0.3) is 0 Å². The molecule has 0 aromatic rings. The van der Waals surface area contributed by atoms with E-state index in [1.54, 1.807) is 0 Å². The van der Waals surface area contributed by atoms with E-state index in [-0.39, 0.29) is 38.0 Å². The first-order chi connectivity index (χ1) is 32.5. The fourth-order valence-electron chi connectivity index (χ4n) is 6.29. The van der Waals surface area contributed by atoms with E-state index in [1.807, 2.05) is 12.2 Å². The number of hydrogen-bond donors (Lipinski definition) is 0. The molecule has 0 aromatic heterocycles. The molecule has 0 radical (unpaired) electrons. The molecular formula is C60H92O6. The van der Waals surface area contributed by atoms with Crippen LogP contribution in [0.25, 0.3) is 0 Å². The Labute approximate surface area is 404 Å². The Morgan fingerprint density at radius 1 is 0.318 bits per heavy atom. The van der Waals surface area contributed by atoms with Gasteiger partial charge in [-0.15, -0.1) is 0 Å². The number of rotatable bonds is 44. The second-order valence-corrected chi connectivity index (χ2v) is 16.3. The van der Waals surface area contributed by atoms with Crippen molar-refractivity contribution in [3.63, 3.8) is 0 Å². The molecule has 0 saturated carbocycles. The summed E-state index contributed by atoms with van der Waals surface area (Å²) in [7, 11) is 0. The minimum absolute atomic E-state index is 0.128. The standard InChI is InChI=1S/C60H92O6/c1-4-7-10-13-16-19-21-23-25-27-29-30-32-33-35-37-39-41-44-47-50-53-59(62)65-56-57(55-64-58(61)52-49-46-43-18-15-12-9-6-3)66-60(63)54-51-48-45-42-40-38-36-34-31-28-26-24-22-20-17-14-11-8-5-2/h7-8,10-11,16-17,19-20,23-26,29-31,33-35,38-41,45,48,57H,4-6,9,12-15,18,21-22,27-28,32,36-37,42-44,46-47,49-56H2,1-3H3/b10-7-,11-8-,19-16-,20-17-,25-23-,26-24-,30-29-,34-31-,35-33-,40-38-,41-39-,48-45-. The number of allylic oxidation sites excluding steroid dienone is 24. The van der Waals surface area contributed by atoms with Crippen LogP contribution < -0.4 is 0 Å². The van der Waals surface area contributed by atoms with Gasteiger partial charge in [0.2, 0.25) is 0 Å². The SMILES string of the molecule is CC/C=C\C/C=C\C/C=C\C/C=C\C/C=C\C/C=C\CCCCC(=O)OCC(COC(=O)CCCCCCCCCC)OC(=O)CC/C=C\C/C=C\C/C=C\C/C=C\C/C=C\C/C=C\CC. The average Bonchev–Trinajstić information content (AvgIpc) is 3.31. The zero-order valence-corrected chi connectivity index (χ0v) is 41.9. The average molecular weight is 909 g/mol. The van der Waals surface area contributed by atoms with Gasteiger partial charge in [-0.3, -0.25) is 14.4 Å². The van der Waals surface area contributed by atoms with Crippen LogP contribution in [0.5, 0.6) is 0 Å². The van der Waals surface area contributed by atoms with Crippen LogP contribution in [0.4, 0.5) is 0 Å². The zero-order valence-electron chi connectivity index (χ0n) is 41.9. The van der Waals surface area contributed by atoms with Gasteiger partial charge in [-0.25, -0.2) is 0 Å². The van der Waals surface area contributed by atoms with Gasteiger partial charge in [0.05, 0.1) is 0 Å². The largest absolute Gasteiger partial charge is 0.462 e. The first kappa shape index (κ1) is 61.3. The van der Waals surface area contributed by atoms with Gasteiger partial charge in [-0.1, -0.05) is 212 Å². The fraction of sp³-hybridized carbons (Fsp3) is 0.550. The molecule has 0 aliphatic rings. The van der Waals surface area contributed by atoms with Crippen LogP contribution in [-0.2, 0) is 28.6 Å². The lowest BCUT2D eigenvalue weighted by Crippen LogP contribution is -2.30. The van der Waals surface area contributed by atoms with Crippen molar-refractivity contribution in [3.05, 3.63) is 146 Å². The summed E-state index contributed by atoms with van der Waals surface area (Å²) in [6, 6.07) is 0. The number of carbonyl (C=O) groups is 3. The van der Waals surface area contributed by atoms with Crippen LogP contribution in [0, 0.1) is 0 Å². The number of hydrogen-bond acceptors (Lipinski definition) is 6. The summed E-state index contributed by atoms with van der Waals surface area (Å²) in [5.41, 5.74) is 0. The Balaban J connectivity index is 4.53. The molecule has 0 aromatic carbocycles. The van der Waals surface area contributed by atoms with E-state index < -0.39 is 12.1 Å². The van der Waals surface area contributed by atoms with Crippen LogP contribution in [0.1, 0.15) is 194 Å². The third-order valence-electron chi connectivity index (χ3n) is 10.1. The van der Waals surface area contributed by atoms with Crippen molar-refractivity contribution in [2.75, 3.05) is 13.2 Å². The topological polar surface area (TPSA) is 78.9 Å². The maximum atomic E-state index is 12.7. The van der Waals surface area contributed by atoms with Crippen molar-refractivity contribution < 1.29 is 28.6 Å². The molecule has 0 heterocycles. The maximum Gasteiger partial charge on any atom is 0.306 e. The highest BCUT2D eigenvalue weighted by atomic mass is 16.6. The highest BCUT2D eigenvalue weighted by Crippen LogP contribution is 2.11. The summed E-state index contributed by atoms with van der Waals surface area (Å²) >= 11 is 0. The smallest absolute Gasteiger partial charge is 0.306 e. The molecule has 6 nitrogen and oxygen atoms in total. The quantitative estimate of drug-likeness (QED) is 0.0262. The van der Waals surface area contributed by atoms with Gasteiger partial charge < -0.3 is 14.2 Å². The van der Waals surface area contributed by atoms with Gasteiger partial charge in [0, 0.05) is 19.3 Å². The van der Waals surface area contributed by atoms with Gasteiger partial charge in [0.1, 0.15) is 13.2 Å². The van der Waals surface area contributed by atoms with Crippen molar-refractivity contribution in [2.45, 2.75) is 200 Å². The van der Waals surface area contributed by atoms with E-state index in [4.69, 9.17) is 14.2 Å². The van der Waals surface area contributed by atoms with Gasteiger partial charge in [-0.05, 0) is 109 Å². The van der Waals surface area contributed by atoms with E-state index in [9.17, 15) is 14.4 Å². The van der Waals surface area contributed by atoms with Crippen LogP contribution >= 0.6 is 0 Å². The highest BCUT2D eigenvalue weighted by molar-refractivity contribution is 5.71. The molecule has 0 spiro atoms. The van der Waals surface area contributed by atoms with Gasteiger partial charge >= 0.3 is 17.9 Å². The Hall–Kier alpha value is -4.71. The predicted molar refractivity (Wildman–Crippen MR) is 283 cm³/mol. The van der Waals surface area contributed by atoms with E-state index in [0.717, 1.165) is 109 Å². The normalized spacial score (nSPS) is 13.3. The number of carbonyl (C=O) groups excluding carboxylic acids is 3. The molecule has 66 heavy (non-hydrogen) atoms. The monoisotopic (exact) mass is 909 g/mol. The first-order valence-corrected chi connectivity index (χ1v) is 25.8. The summed E-state index contributed by atoms with van der Waals surface area (Å²) in [5.74, 6) is -1.08. The number of esters is 3. The third kappa shape index (κ3) is 50.3. The van der Waals surface area contributed by atoms with Gasteiger partial charge in [-0.2, -0.15) is 0 Å². The lowest BCUT2D eigenvalue weighted by atomic mass is 10.1. The molecule has 0 rings (SSSR count). The van der Waals surface area contributed by atoms with E-state index in [0.29, 0.717) is 19.3 Å². The summed E-state index contributed by atoms with van der Waals surface area (Å²) in [6.45, 7) is 6.25. The minimum Gasteiger partial charge on any atom is -0.462 e. The van der Waals surface area contributed by atoms with Crippen molar-refractivity contribution in [2.24, 2.45) is 0 Å². The molecule has 0 N–H and O–H groups in total. The molecule has 0 amide bonds. The summed E-state index contributed by atoms with van der Waals surface area (Å²) in [6.07, 6.45) is 75.7. The molecule has 0 fully saturated rings. The van der Waals surface area contributed by atoms with Gasteiger partial charge in [0.15, 0.2) is 6.10 Å². The number of unbranched alkanes of at least 4 members (excludes halogenated alkanes) is 9. The van der Waals surface area contributed by atoms with Crippen molar-refractivity contribution >= 4 is 17.9 Å². The second-order valence-electron chi connectivity index (χ2n) is 16.3. The zero-order chi connectivity index (χ0) is 47.9. The lowest BCUT2D eigenvalue weighted by Gasteiger charge is -2.18. The van der Waals surface area contributed by atoms with Crippen molar-refractivity contribution in [1.82, 2.24) is 0 Å². The Bertz CT molecular complexity index is 1510. The maximum absolute atomic E-state index is 12.7. The van der Waals surface area contributed by atoms with Crippen molar-refractivity contribution in [1.29, 1.82) is 0 Å². The molecule has 1 atom stereocenters. The van der Waals surface area contributed by atoms with Crippen LogP contribution in [0.2, 0.25) is 0 Å². The molecule has 6 heteroatoms. The van der Waals surface area contributed by atoms with Crippen LogP contribution in [0.3, 0.4) is 0 Å². The molecular weight excluding hydrogens is 817 g/mol. The summed E-state index contributed by atoms with van der Waals surface area (Å²) in [4.78, 5) is 37.8.